The van der Waals surface area contributed by atoms with E-state index in [1.807, 2.05) is 0 Å². The Bertz CT molecular complexity index is 1590. The first-order valence-electron chi connectivity index (χ1n) is 17.0. The van der Waals surface area contributed by atoms with E-state index in [4.69, 9.17) is 0 Å². The molecule has 1 atom stereocenters. The van der Waals surface area contributed by atoms with Gasteiger partial charge in [-0.1, -0.05) is 180 Å². The van der Waals surface area contributed by atoms with E-state index >= 15 is 0 Å². The average molecular weight is 578 g/mol. The summed E-state index contributed by atoms with van der Waals surface area (Å²) in [6.07, 6.45) is 13.1. The van der Waals surface area contributed by atoms with Crippen molar-refractivity contribution >= 4 is 5.69 Å². The van der Waals surface area contributed by atoms with Crippen LogP contribution in [0.4, 0.5) is 5.69 Å². The summed E-state index contributed by atoms with van der Waals surface area (Å²) in [6.45, 7) is 3.48. The maximum Gasteiger partial charge on any atom is 0.0468 e. The van der Waals surface area contributed by atoms with Crippen LogP contribution < -0.4 is 5.32 Å². The second-order valence-corrected chi connectivity index (χ2v) is 12.6. The van der Waals surface area contributed by atoms with E-state index in [1.165, 1.54) is 120 Å². The molecular weight excluding hydrogens is 530 g/mol. The lowest BCUT2D eigenvalue weighted by molar-refractivity contribution is 0.540. The lowest BCUT2D eigenvalue weighted by atomic mass is 9.75. The van der Waals surface area contributed by atoms with E-state index in [-0.39, 0.29) is 0 Å². The van der Waals surface area contributed by atoms with Gasteiger partial charge in [0.15, 0.2) is 0 Å². The van der Waals surface area contributed by atoms with E-state index in [0.717, 1.165) is 6.54 Å². The quantitative estimate of drug-likeness (QED) is 0.224. The number of benzene rings is 5. The summed E-state index contributed by atoms with van der Waals surface area (Å²) in [6, 6.07) is 44.6. The van der Waals surface area contributed by atoms with Gasteiger partial charge in [-0.2, -0.15) is 0 Å². The predicted octanol–water partition coefficient (Wildman–Crippen LogP) is 12.8. The molecule has 0 saturated carbocycles. The van der Waals surface area contributed by atoms with Crippen molar-refractivity contribution in [3.8, 4) is 44.5 Å². The fourth-order valence-electron chi connectivity index (χ4n) is 7.20. The lowest BCUT2D eigenvalue weighted by Gasteiger charge is -2.31. The van der Waals surface area contributed by atoms with Crippen LogP contribution in [-0.2, 0) is 0 Å². The normalized spacial score (nSPS) is 16.6. The molecule has 1 heteroatoms. The van der Waals surface area contributed by atoms with Crippen LogP contribution in [-0.4, -0.2) is 6.54 Å². The first-order chi connectivity index (χ1) is 21.8. The minimum Gasteiger partial charge on any atom is -0.384 e. The Balaban J connectivity index is 1.74. The number of rotatable bonds is 4. The van der Waals surface area contributed by atoms with Crippen LogP contribution in [0.3, 0.4) is 0 Å². The van der Waals surface area contributed by atoms with Crippen LogP contribution in [0.1, 0.15) is 82.6 Å². The van der Waals surface area contributed by atoms with Crippen LogP contribution >= 0.6 is 0 Å². The summed E-state index contributed by atoms with van der Waals surface area (Å²) >= 11 is 0. The first kappa shape index (κ1) is 29.9. The SMILES string of the molecule is CC1CCCCCCCCCCCNc2c(-c3ccccc3)c(-c3ccccc3)c(-c3ccccc3)c(-c3ccccc3)c21. The van der Waals surface area contributed by atoms with Crippen molar-refractivity contribution in [1.82, 2.24) is 0 Å². The van der Waals surface area contributed by atoms with Gasteiger partial charge in [0.05, 0.1) is 0 Å². The molecule has 0 bridgehead atoms. The largest absolute Gasteiger partial charge is 0.384 e. The number of fused-ring (bicyclic) bond motifs is 1. The Morgan fingerprint density at radius 2 is 0.773 bits per heavy atom. The van der Waals surface area contributed by atoms with Gasteiger partial charge in [-0.25, -0.2) is 0 Å². The van der Waals surface area contributed by atoms with Crippen LogP contribution in [0.2, 0.25) is 0 Å². The zero-order chi connectivity index (χ0) is 30.0. The molecule has 0 spiro atoms. The fourth-order valence-corrected chi connectivity index (χ4v) is 7.20. The van der Waals surface area contributed by atoms with Crippen LogP contribution in [0, 0.1) is 0 Å². The molecule has 6 rings (SSSR count). The minimum absolute atomic E-state index is 0.410. The highest BCUT2D eigenvalue weighted by molar-refractivity contribution is 6.08. The summed E-state index contributed by atoms with van der Waals surface area (Å²) in [7, 11) is 0. The lowest BCUT2D eigenvalue weighted by Crippen LogP contribution is -2.12. The second-order valence-electron chi connectivity index (χ2n) is 12.6. The minimum atomic E-state index is 0.410. The molecule has 0 aromatic heterocycles. The van der Waals surface area contributed by atoms with Crippen molar-refractivity contribution in [3.63, 3.8) is 0 Å². The summed E-state index contributed by atoms with van der Waals surface area (Å²) < 4.78 is 0. The fraction of sp³-hybridized carbons (Fsp3) is 0.302. The monoisotopic (exact) mass is 577 g/mol. The molecule has 1 heterocycles. The third-order valence-corrected chi connectivity index (χ3v) is 9.40. The van der Waals surface area contributed by atoms with Gasteiger partial charge in [-0.15, -0.1) is 0 Å². The highest BCUT2D eigenvalue weighted by atomic mass is 14.9. The van der Waals surface area contributed by atoms with Crippen molar-refractivity contribution < 1.29 is 0 Å². The van der Waals surface area contributed by atoms with Crippen molar-refractivity contribution in [3.05, 3.63) is 127 Å². The van der Waals surface area contributed by atoms with E-state index in [1.54, 1.807) is 0 Å². The van der Waals surface area contributed by atoms with Crippen molar-refractivity contribution in [1.29, 1.82) is 0 Å². The molecule has 0 saturated heterocycles. The van der Waals surface area contributed by atoms with E-state index in [9.17, 15) is 0 Å². The average Bonchev–Trinajstić information content (AvgIpc) is 3.09. The highest BCUT2D eigenvalue weighted by Crippen LogP contribution is 2.54. The summed E-state index contributed by atoms with van der Waals surface area (Å²) in [5, 5.41) is 4.13. The Kier molecular flexibility index (Phi) is 10.3. The van der Waals surface area contributed by atoms with E-state index < -0.39 is 0 Å². The molecule has 1 unspecified atom stereocenters. The summed E-state index contributed by atoms with van der Waals surface area (Å²) in [5.41, 5.74) is 13.3. The zero-order valence-electron chi connectivity index (χ0n) is 26.4. The number of nitrogens with one attached hydrogen (secondary N) is 1. The van der Waals surface area contributed by atoms with Gasteiger partial charge in [0.25, 0.3) is 0 Å². The second kappa shape index (κ2) is 15.1. The van der Waals surface area contributed by atoms with Crippen molar-refractivity contribution in [2.24, 2.45) is 0 Å². The molecular formula is C43H47N. The maximum absolute atomic E-state index is 4.13. The molecule has 0 aliphatic carbocycles. The van der Waals surface area contributed by atoms with Gasteiger partial charge in [0.1, 0.15) is 0 Å². The van der Waals surface area contributed by atoms with Gasteiger partial charge in [-0.3, -0.25) is 0 Å². The summed E-state index contributed by atoms with van der Waals surface area (Å²) in [5.74, 6) is 0.410. The van der Waals surface area contributed by atoms with Gasteiger partial charge in [-0.05, 0) is 57.7 Å². The molecule has 0 amide bonds. The van der Waals surface area contributed by atoms with Crippen LogP contribution in [0.5, 0.6) is 0 Å². The topological polar surface area (TPSA) is 12.0 Å². The standard InChI is InChI=1S/C43H47N/c1-33-23-13-7-5-3-2-4-6-8-22-32-44-43-38(33)39(34-24-14-9-15-25-34)40(35-26-16-10-17-27-35)41(36-28-18-11-19-29-36)42(43)37-30-20-12-21-31-37/h9-12,14-21,24-31,33,44H,2-8,13,22-23,32H2,1H3. The maximum atomic E-state index is 4.13. The Labute approximate surface area is 265 Å². The smallest absolute Gasteiger partial charge is 0.0468 e. The molecule has 44 heavy (non-hydrogen) atoms. The number of hydrogen-bond donors (Lipinski definition) is 1. The Hall–Kier alpha value is -4.10. The summed E-state index contributed by atoms with van der Waals surface area (Å²) in [4.78, 5) is 0. The Morgan fingerprint density at radius 3 is 1.25 bits per heavy atom. The molecule has 5 aromatic carbocycles. The third-order valence-electron chi connectivity index (χ3n) is 9.40. The van der Waals surface area contributed by atoms with Crippen molar-refractivity contribution in [2.75, 3.05) is 11.9 Å². The third kappa shape index (κ3) is 6.83. The highest BCUT2D eigenvalue weighted by Gasteiger charge is 2.29. The zero-order valence-corrected chi connectivity index (χ0v) is 26.4. The van der Waals surface area contributed by atoms with Gasteiger partial charge < -0.3 is 5.32 Å². The van der Waals surface area contributed by atoms with Crippen molar-refractivity contribution in [2.45, 2.75) is 77.0 Å². The molecule has 1 aliphatic rings. The first-order valence-corrected chi connectivity index (χ1v) is 17.0. The number of hydrogen-bond acceptors (Lipinski definition) is 1. The predicted molar refractivity (Wildman–Crippen MR) is 191 cm³/mol. The molecule has 224 valence electrons. The molecule has 1 N–H and O–H groups in total. The molecule has 5 aromatic rings. The molecule has 1 aliphatic heterocycles. The van der Waals surface area contributed by atoms with Gasteiger partial charge in [0, 0.05) is 23.4 Å². The van der Waals surface area contributed by atoms with E-state index in [0.29, 0.717) is 5.92 Å². The van der Waals surface area contributed by atoms with Gasteiger partial charge in [0.2, 0.25) is 0 Å². The van der Waals surface area contributed by atoms with E-state index in [2.05, 4.69) is 134 Å². The Morgan fingerprint density at radius 1 is 0.409 bits per heavy atom. The molecule has 0 fully saturated rings. The molecule has 0 radical (unpaired) electrons. The van der Waals surface area contributed by atoms with Crippen LogP contribution in [0.25, 0.3) is 44.5 Å². The van der Waals surface area contributed by atoms with Crippen LogP contribution in [0.15, 0.2) is 121 Å². The number of anilines is 1. The van der Waals surface area contributed by atoms with Gasteiger partial charge >= 0.3 is 0 Å². The molecule has 1 nitrogen and oxygen atoms in total.